The van der Waals surface area contributed by atoms with Gasteiger partial charge in [-0.05, 0) is 17.5 Å². The van der Waals surface area contributed by atoms with Crippen molar-refractivity contribution >= 4 is 17.2 Å². The van der Waals surface area contributed by atoms with Crippen molar-refractivity contribution in [3.63, 3.8) is 0 Å². The molecule has 1 saturated heterocycles. The number of pyridine rings is 1. The molecule has 3 heterocycles. The average Bonchev–Trinajstić information content (AvgIpc) is 3.26. The molecule has 1 amide bonds. The molecule has 1 N–H and O–H groups in total. The number of hydrogen-bond acceptors (Lipinski definition) is 5. The van der Waals surface area contributed by atoms with Crippen molar-refractivity contribution in [2.75, 3.05) is 19.8 Å². The first kappa shape index (κ1) is 16.0. The van der Waals surface area contributed by atoms with Crippen molar-refractivity contribution < 1.29 is 14.3 Å². The highest BCUT2D eigenvalue weighted by atomic mass is 32.1. The van der Waals surface area contributed by atoms with Crippen molar-refractivity contribution in [2.24, 2.45) is 0 Å². The molecule has 0 radical (unpaired) electrons. The Morgan fingerprint density at radius 1 is 1.57 bits per heavy atom. The van der Waals surface area contributed by atoms with Gasteiger partial charge in [-0.1, -0.05) is 13.0 Å². The minimum atomic E-state index is -0.108. The zero-order valence-corrected chi connectivity index (χ0v) is 13.8. The molecule has 23 heavy (non-hydrogen) atoms. The summed E-state index contributed by atoms with van der Waals surface area (Å²) in [6.07, 6.45) is 2.48. The van der Waals surface area contributed by atoms with Crippen molar-refractivity contribution in [1.29, 1.82) is 0 Å². The van der Waals surface area contributed by atoms with Gasteiger partial charge >= 0.3 is 0 Å². The van der Waals surface area contributed by atoms with E-state index in [1.807, 2.05) is 11.4 Å². The van der Waals surface area contributed by atoms with Gasteiger partial charge < -0.3 is 14.8 Å². The largest absolute Gasteiger partial charge is 0.472 e. The topological polar surface area (TPSA) is 60.5 Å². The summed E-state index contributed by atoms with van der Waals surface area (Å²) in [7, 11) is 0. The van der Waals surface area contributed by atoms with Crippen molar-refractivity contribution in [2.45, 2.75) is 25.4 Å². The van der Waals surface area contributed by atoms with Gasteiger partial charge in [0.05, 0.1) is 13.2 Å². The van der Waals surface area contributed by atoms with Crippen LogP contribution < -0.4 is 10.1 Å². The van der Waals surface area contributed by atoms with Crippen LogP contribution >= 0.6 is 11.3 Å². The maximum atomic E-state index is 12.3. The second-order valence-corrected chi connectivity index (χ2v) is 6.59. The minimum absolute atomic E-state index is 0.0275. The van der Waals surface area contributed by atoms with E-state index in [0.717, 1.165) is 6.42 Å². The molecule has 1 aliphatic heterocycles. The van der Waals surface area contributed by atoms with Gasteiger partial charge in [-0.25, -0.2) is 4.98 Å². The molecule has 0 spiro atoms. The summed E-state index contributed by atoms with van der Waals surface area (Å²) in [4.78, 5) is 17.7. The molecule has 0 bridgehead atoms. The second-order valence-electron chi connectivity index (χ2n) is 5.61. The number of carbonyl (C=O) groups excluding carboxylic acids is 1. The third kappa shape index (κ3) is 4.30. The van der Waals surface area contributed by atoms with E-state index in [2.05, 4.69) is 23.3 Å². The second kappa shape index (κ2) is 7.57. The zero-order chi connectivity index (χ0) is 16.1. The summed E-state index contributed by atoms with van der Waals surface area (Å²) in [6, 6.07) is 7.49. The molecule has 0 unspecified atom stereocenters. The first-order valence-electron chi connectivity index (χ1n) is 7.74. The van der Waals surface area contributed by atoms with E-state index in [4.69, 9.17) is 9.47 Å². The van der Waals surface area contributed by atoms with Crippen LogP contribution in [0.15, 0.2) is 35.8 Å². The Morgan fingerprint density at radius 2 is 2.48 bits per heavy atom. The summed E-state index contributed by atoms with van der Waals surface area (Å²) in [5.74, 6) is 0.662. The molecule has 0 saturated carbocycles. The third-order valence-corrected chi connectivity index (χ3v) is 4.87. The third-order valence-electron chi connectivity index (χ3n) is 3.77. The van der Waals surface area contributed by atoms with E-state index >= 15 is 0 Å². The van der Waals surface area contributed by atoms with Gasteiger partial charge in [-0.15, -0.1) is 11.3 Å². The fourth-order valence-electron chi connectivity index (χ4n) is 2.41. The van der Waals surface area contributed by atoms with Crippen LogP contribution in [0.2, 0.25) is 0 Å². The zero-order valence-electron chi connectivity index (χ0n) is 13.0. The maximum absolute atomic E-state index is 12.3. The summed E-state index contributed by atoms with van der Waals surface area (Å²) >= 11 is 1.71. The van der Waals surface area contributed by atoms with Gasteiger partial charge in [0.2, 0.25) is 5.88 Å². The number of thiophene rings is 1. The lowest BCUT2D eigenvalue weighted by atomic mass is 10.1. The Morgan fingerprint density at radius 3 is 3.22 bits per heavy atom. The van der Waals surface area contributed by atoms with Crippen LogP contribution in [0.4, 0.5) is 0 Å². The number of amides is 1. The summed E-state index contributed by atoms with van der Waals surface area (Å²) in [6.45, 7) is 4.00. The van der Waals surface area contributed by atoms with Crippen LogP contribution in [0.25, 0.3) is 0 Å². The van der Waals surface area contributed by atoms with Gasteiger partial charge in [0.1, 0.15) is 6.10 Å². The Hall–Kier alpha value is -1.92. The first-order chi connectivity index (χ1) is 11.2. The molecule has 5 nitrogen and oxygen atoms in total. The van der Waals surface area contributed by atoms with Crippen LogP contribution in [0.1, 0.15) is 34.5 Å². The molecule has 0 aromatic carbocycles. The average molecular weight is 332 g/mol. The highest BCUT2D eigenvalue weighted by Crippen LogP contribution is 2.20. The molecule has 2 atom stereocenters. The molecule has 3 rings (SSSR count). The predicted octanol–water partition coefficient (Wildman–Crippen LogP) is 2.84. The Balaban J connectivity index is 1.56. The van der Waals surface area contributed by atoms with Crippen LogP contribution in [-0.4, -0.2) is 36.8 Å². The quantitative estimate of drug-likeness (QED) is 0.884. The lowest BCUT2D eigenvalue weighted by Crippen LogP contribution is -2.27. The van der Waals surface area contributed by atoms with Crippen molar-refractivity contribution in [3.8, 4) is 5.88 Å². The van der Waals surface area contributed by atoms with Gasteiger partial charge in [0.15, 0.2) is 0 Å². The minimum Gasteiger partial charge on any atom is -0.472 e. The number of rotatable bonds is 6. The number of nitrogens with zero attached hydrogens (tertiary/aromatic N) is 1. The fraction of sp³-hybridized carbons (Fsp3) is 0.412. The highest BCUT2D eigenvalue weighted by molar-refractivity contribution is 7.10. The lowest BCUT2D eigenvalue weighted by molar-refractivity contribution is 0.0950. The van der Waals surface area contributed by atoms with Crippen LogP contribution in [0.5, 0.6) is 5.88 Å². The number of nitrogens with one attached hydrogen (secondary N) is 1. The SMILES string of the molecule is C[C@@H](CNC(=O)c1ccnc(O[C@@H]2CCOC2)c1)c1cccs1. The Labute approximate surface area is 139 Å². The van der Waals surface area contributed by atoms with Crippen molar-refractivity contribution in [1.82, 2.24) is 10.3 Å². The Kier molecular flexibility index (Phi) is 5.25. The van der Waals surface area contributed by atoms with Gasteiger partial charge in [-0.3, -0.25) is 4.79 Å². The molecule has 2 aromatic heterocycles. The van der Waals surface area contributed by atoms with Gasteiger partial charge in [0, 0.05) is 41.6 Å². The van der Waals surface area contributed by atoms with E-state index < -0.39 is 0 Å². The molecular weight excluding hydrogens is 312 g/mol. The Bertz CT molecular complexity index is 639. The smallest absolute Gasteiger partial charge is 0.251 e. The molecular formula is C17H20N2O3S. The highest BCUT2D eigenvalue weighted by Gasteiger charge is 2.18. The van der Waals surface area contributed by atoms with Gasteiger partial charge in [-0.2, -0.15) is 0 Å². The van der Waals surface area contributed by atoms with Crippen LogP contribution in [0, 0.1) is 0 Å². The van der Waals surface area contributed by atoms with E-state index in [0.29, 0.717) is 37.1 Å². The fourth-order valence-corrected chi connectivity index (χ4v) is 3.20. The van der Waals surface area contributed by atoms with E-state index in [-0.39, 0.29) is 12.0 Å². The molecule has 0 aliphatic carbocycles. The van der Waals surface area contributed by atoms with Gasteiger partial charge in [0.25, 0.3) is 5.91 Å². The number of hydrogen-bond donors (Lipinski definition) is 1. The van der Waals surface area contributed by atoms with Crippen molar-refractivity contribution in [3.05, 3.63) is 46.3 Å². The first-order valence-corrected chi connectivity index (χ1v) is 8.62. The maximum Gasteiger partial charge on any atom is 0.251 e. The summed E-state index contributed by atoms with van der Waals surface area (Å²) in [5.41, 5.74) is 0.562. The molecule has 1 aliphatic rings. The molecule has 122 valence electrons. The van der Waals surface area contributed by atoms with E-state index in [1.165, 1.54) is 4.88 Å². The molecule has 1 fully saturated rings. The molecule has 2 aromatic rings. The number of carbonyl (C=O) groups is 1. The summed E-state index contributed by atoms with van der Waals surface area (Å²) in [5, 5.41) is 5.02. The van der Waals surface area contributed by atoms with E-state index in [1.54, 1.807) is 29.7 Å². The van der Waals surface area contributed by atoms with E-state index in [9.17, 15) is 4.79 Å². The summed E-state index contributed by atoms with van der Waals surface area (Å²) < 4.78 is 11.0. The number of aromatic nitrogens is 1. The predicted molar refractivity (Wildman–Crippen MR) is 89.2 cm³/mol. The van der Waals surface area contributed by atoms with Crippen LogP contribution in [0.3, 0.4) is 0 Å². The monoisotopic (exact) mass is 332 g/mol. The standard InChI is InChI=1S/C17H20N2O3S/c1-12(15-3-2-8-23-15)10-19-17(20)13-4-6-18-16(9-13)22-14-5-7-21-11-14/h2-4,6,8-9,12,14H,5,7,10-11H2,1H3,(H,19,20)/t12-,14+/m0/s1. The lowest BCUT2D eigenvalue weighted by Gasteiger charge is -2.13. The normalized spacial score (nSPS) is 18.6. The van der Waals surface area contributed by atoms with Crippen LogP contribution in [-0.2, 0) is 4.74 Å². The number of ether oxygens (including phenoxy) is 2. The molecule has 6 heteroatoms.